The molecule has 0 radical (unpaired) electrons. The Hall–Kier alpha value is -1.59. The highest BCUT2D eigenvalue weighted by atomic mass is 35.5. The Morgan fingerprint density at radius 2 is 1.58 bits per heavy atom. The first-order chi connectivity index (χ1) is 11.9. The van der Waals surface area contributed by atoms with E-state index in [0.29, 0.717) is 11.1 Å². The standard InChI is InChI=1S/C20H25ClFNO2S/c1-12-7-15(11-22)18(21)17(8-12)23-26(24,25)19-13(2)9-16(10-14(19)3)20(4,5)6/h7-10,23H,11H2,1-6H3. The van der Waals surface area contributed by atoms with Gasteiger partial charge in [0.05, 0.1) is 15.6 Å². The zero-order valence-corrected chi connectivity index (χ0v) is 17.6. The molecule has 0 aromatic heterocycles. The largest absolute Gasteiger partial charge is 0.278 e. The van der Waals surface area contributed by atoms with Crippen molar-refractivity contribution in [1.82, 2.24) is 0 Å². The highest BCUT2D eigenvalue weighted by molar-refractivity contribution is 7.92. The summed E-state index contributed by atoms with van der Waals surface area (Å²) < 4.78 is 41.7. The van der Waals surface area contributed by atoms with Gasteiger partial charge in [-0.3, -0.25) is 4.72 Å². The fourth-order valence-electron chi connectivity index (χ4n) is 3.02. The van der Waals surface area contributed by atoms with Crippen molar-refractivity contribution in [3.8, 4) is 0 Å². The number of halogens is 2. The molecule has 0 aliphatic heterocycles. The van der Waals surface area contributed by atoms with Gasteiger partial charge in [-0.15, -0.1) is 0 Å². The first-order valence-electron chi connectivity index (χ1n) is 8.36. The third kappa shape index (κ3) is 4.21. The zero-order chi connectivity index (χ0) is 19.9. The molecule has 26 heavy (non-hydrogen) atoms. The van der Waals surface area contributed by atoms with Gasteiger partial charge in [0.2, 0.25) is 0 Å². The lowest BCUT2D eigenvalue weighted by Gasteiger charge is -2.22. The van der Waals surface area contributed by atoms with Gasteiger partial charge in [-0.05, 0) is 54.5 Å². The SMILES string of the molecule is Cc1cc(CF)c(Cl)c(NS(=O)(=O)c2c(C)cc(C(C)(C)C)cc2C)c1. The Morgan fingerprint density at radius 1 is 1.04 bits per heavy atom. The van der Waals surface area contributed by atoms with Crippen LogP contribution in [-0.2, 0) is 22.1 Å². The summed E-state index contributed by atoms with van der Waals surface area (Å²) in [5, 5.41) is 0.0864. The van der Waals surface area contributed by atoms with Crippen LogP contribution >= 0.6 is 11.6 Å². The molecule has 0 amide bonds. The third-order valence-electron chi connectivity index (χ3n) is 4.28. The summed E-state index contributed by atoms with van der Waals surface area (Å²) in [4.78, 5) is 0.227. The molecule has 0 spiro atoms. The number of alkyl halides is 1. The number of hydrogen-bond acceptors (Lipinski definition) is 2. The van der Waals surface area contributed by atoms with E-state index in [1.54, 1.807) is 32.9 Å². The van der Waals surface area contributed by atoms with Crippen LogP contribution in [0, 0.1) is 20.8 Å². The molecule has 0 fully saturated rings. The lowest BCUT2D eigenvalue weighted by Crippen LogP contribution is -2.18. The molecular weight excluding hydrogens is 373 g/mol. The second kappa shape index (κ2) is 7.20. The fourth-order valence-corrected chi connectivity index (χ4v) is 4.80. The van der Waals surface area contributed by atoms with Crippen molar-refractivity contribution in [2.75, 3.05) is 4.72 Å². The maximum absolute atomic E-state index is 13.1. The second-order valence-electron chi connectivity index (χ2n) is 7.71. The summed E-state index contributed by atoms with van der Waals surface area (Å²) in [6, 6.07) is 7.00. The van der Waals surface area contributed by atoms with Crippen molar-refractivity contribution >= 4 is 27.3 Å². The van der Waals surface area contributed by atoms with Gasteiger partial charge in [-0.25, -0.2) is 12.8 Å². The van der Waals surface area contributed by atoms with Crippen LogP contribution in [0.2, 0.25) is 5.02 Å². The molecule has 1 N–H and O–H groups in total. The minimum Gasteiger partial charge on any atom is -0.278 e. The Kier molecular flexibility index (Phi) is 5.74. The average Bonchev–Trinajstić information content (AvgIpc) is 2.48. The Morgan fingerprint density at radius 3 is 2.04 bits per heavy atom. The quantitative estimate of drug-likeness (QED) is 0.705. The predicted molar refractivity (Wildman–Crippen MR) is 106 cm³/mol. The monoisotopic (exact) mass is 397 g/mol. The molecule has 142 valence electrons. The van der Waals surface area contributed by atoms with E-state index < -0.39 is 16.7 Å². The van der Waals surface area contributed by atoms with E-state index in [2.05, 4.69) is 25.5 Å². The molecule has 0 saturated heterocycles. The van der Waals surface area contributed by atoms with Crippen LogP contribution in [0.4, 0.5) is 10.1 Å². The molecule has 2 aromatic rings. The van der Waals surface area contributed by atoms with Gasteiger partial charge in [0, 0.05) is 5.56 Å². The van der Waals surface area contributed by atoms with E-state index in [9.17, 15) is 12.8 Å². The van der Waals surface area contributed by atoms with Gasteiger partial charge < -0.3 is 0 Å². The molecule has 0 saturated carbocycles. The summed E-state index contributed by atoms with van der Waals surface area (Å²) in [5.74, 6) is 0. The molecule has 2 rings (SSSR count). The van der Waals surface area contributed by atoms with E-state index in [-0.39, 0.29) is 26.6 Å². The summed E-state index contributed by atoms with van der Waals surface area (Å²) in [5.41, 5.74) is 3.50. The topological polar surface area (TPSA) is 46.2 Å². The Balaban J connectivity index is 2.55. The van der Waals surface area contributed by atoms with Gasteiger partial charge in [0.15, 0.2) is 0 Å². The average molecular weight is 398 g/mol. The van der Waals surface area contributed by atoms with E-state index in [1.807, 2.05) is 12.1 Å². The van der Waals surface area contributed by atoms with Crippen LogP contribution < -0.4 is 4.72 Å². The molecule has 0 aliphatic rings. The predicted octanol–water partition coefficient (Wildman–Crippen LogP) is 5.83. The van der Waals surface area contributed by atoms with Crippen LogP contribution in [-0.4, -0.2) is 8.42 Å². The summed E-state index contributed by atoms with van der Waals surface area (Å²) >= 11 is 6.17. The summed E-state index contributed by atoms with van der Waals surface area (Å²) in [6.07, 6.45) is 0. The van der Waals surface area contributed by atoms with Gasteiger partial charge in [0.1, 0.15) is 6.67 Å². The van der Waals surface area contributed by atoms with E-state index >= 15 is 0 Å². The van der Waals surface area contributed by atoms with Gasteiger partial charge in [-0.1, -0.05) is 50.6 Å². The van der Waals surface area contributed by atoms with E-state index in [4.69, 9.17) is 11.6 Å². The first kappa shape index (κ1) is 20.7. The van der Waals surface area contributed by atoms with Crippen LogP contribution in [0.25, 0.3) is 0 Å². The summed E-state index contributed by atoms with van der Waals surface area (Å²) in [6.45, 7) is 10.8. The number of anilines is 1. The fraction of sp³-hybridized carbons (Fsp3) is 0.400. The number of sulfonamides is 1. The molecule has 3 nitrogen and oxygen atoms in total. The van der Waals surface area contributed by atoms with Crippen LogP contribution in [0.5, 0.6) is 0 Å². The highest BCUT2D eigenvalue weighted by Crippen LogP contribution is 2.33. The number of hydrogen-bond donors (Lipinski definition) is 1. The Bertz CT molecular complexity index is 924. The maximum Gasteiger partial charge on any atom is 0.262 e. The minimum absolute atomic E-state index is 0.0822. The first-order valence-corrected chi connectivity index (χ1v) is 10.2. The van der Waals surface area contributed by atoms with Crippen LogP contribution in [0.1, 0.15) is 48.6 Å². The van der Waals surface area contributed by atoms with Crippen LogP contribution in [0.15, 0.2) is 29.2 Å². The maximum atomic E-state index is 13.1. The van der Waals surface area contributed by atoms with E-state index in [0.717, 1.165) is 11.1 Å². The van der Waals surface area contributed by atoms with Gasteiger partial charge in [0.25, 0.3) is 10.0 Å². The molecule has 0 aliphatic carbocycles. The number of rotatable bonds is 4. The smallest absolute Gasteiger partial charge is 0.262 e. The lowest BCUT2D eigenvalue weighted by molar-refractivity contribution is 0.485. The number of nitrogens with one attached hydrogen (secondary N) is 1. The van der Waals surface area contributed by atoms with Crippen molar-refractivity contribution in [2.24, 2.45) is 0 Å². The number of aryl methyl sites for hydroxylation is 3. The van der Waals surface area contributed by atoms with Crippen molar-refractivity contribution in [2.45, 2.75) is 58.5 Å². The summed E-state index contributed by atoms with van der Waals surface area (Å²) in [7, 11) is -3.86. The van der Waals surface area contributed by atoms with Crippen molar-refractivity contribution in [3.63, 3.8) is 0 Å². The lowest BCUT2D eigenvalue weighted by atomic mass is 9.85. The van der Waals surface area contributed by atoms with Crippen molar-refractivity contribution < 1.29 is 12.8 Å². The number of benzene rings is 2. The highest BCUT2D eigenvalue weighted by Gasteiger charge is 2.24. The van der Waals surface area contributed by atoms with Crippen LogP contribution in [0.3, 0.4) is 0 Å². The molecule has 2 aromatic carbocycles. The van der Waals surface area contributed by atoms with Crippen molar-refractivity contribution in [3.05, 3.63) is 57.1 Å². The second-order valence-corrected chi connectivity index (χ2v) is 9.71. The molecule has 6 heteroatoms. The van der Waals surface area contributed by atoms with E-state index in [1.165, 1.54) is 0 Å². The zero-order valence-electron chi connectivity index (χ0n) is 16.0. The minimum atomic E-state index is -3.86. The van der Waals surface area contributed by atoms with Gasteiger partial charge in [-0.2, -0.15) is 0 Å². The molecule has 0 atom stereocenters. The third-order valence-corrected chi connectivity index (χ3v) is 6.39. The molecule has 0 heterocycles. The molecule has 0 bridgehead atoms. The van der Waals surface area contributed by atoms with Gasteiger partial charge >= 0.3 is 0 Å². The molecule has 0 unspecified atom stereocenters. The Labute approximate surface area is 160 Å². The normalized spacial score (nSPS) is 12.3. The van der Waals surface area contributed by atoms with Crippen molar-refractivity contribution in [1.29, 1.82) is 0 Å². The molecular formula is C20H25ClFNO2S.